The Kier molecular flexibility index (Phi) is 3.48. The Labute approximate surface area is 85.8 Å². The van der Waals surface area contributed by atoms with E-state index >= 15 is 0 Å². The number of nitriles is 1. The average molecular weight is 272 g/mol. The lowest BCUT2D eigenvalue weighted by Gasteiger charge is -1.99. The van der Waals surface area contributed by atoms with Gasteiger partial charge in [-0.3, -0.25) is 0 Å². The van der Waals surface area contributed by atoms with Gasteiger partial charge in [-0.2, -0.15) is 5.26 Å². The lowest BCUT2D eigenvalue weighted by atomic mass is 10.2. The van der Waals surface area contributed by atoms with Crippen molar-refractivity contribution in [2.45, 2.75) is 19.8 Å². The fourth-order valence-corrected chi connectivity index (χ4v) is 1.56. The Hall–Kier alpha value is -0.630. The van der Waals surface area contributed by atoms with Crippen molar-refractivity contribution in [3.8, 4) is 6.07 Å². The molecule has 1 rings (SSSR count). The Balaban J connectivity index is 2.96. The van der Waals surface area contributed by atoms with E-state index in [0.29, 0.717) is 5.56 Å². The van der Waals surface area contributed by atoms with E-state index in [4.69, 9.17) is 5.26 Å². The lowest BCUT2D eigenvalue weighted by molar-refractivity contribution is 0.876. The Morgan fingerprint density at radius 3 is 2.83 bits per heavy atom. The van der Waals surface area contributed by atoms with E-state index in [1.807, 2.05) is 12.1 Å². The second-order valence-electron chi connectivity index (χ2n) is 2.50. The molecule has 0 aliphatic rings. The molecule has 0 bridgehead atoms. The van der Waals surface area contributed by atoms with E-state index in [1.165, 1.54) is 0 Å². The number of rotatable bonds is 2. The van der Waals surface area contributed by atoms with Gasteiger partial charge in [0.15, 0.2) is 0 Å². The normalized spacial score (nSPS) is 9.42. The van der Waals surface area contributed by atoms with Crippen molar-refractivity contribution in [3.63, 3.8) is 0 Å². The van der Waals surface area contributed by atoms with E-state index < -0.39 is 0 Å². The van der Waals surface area contributed by atoms with Crippen LogP contribution < -0.4 is 0 Å². The quantitative estimate of drug-likeness (QED) is 0.612. The molecule has 1 aromatic rings. The summed E-state index contributed by atoms with van der Waals surface area (Å²) in [7, 11) is 0. The highest BCUT2D eigenvalue weighted by Gasteiger charge is 2.00. The molecule has 1 heterocycles. The first-order valence-electron chi connectivity index (χ1n) is 3.83. The molecule has 0 N–H and O–H groups in total. The zero-order valence-electron chi connectivity index (χ0n) is 6.84. The third-order valence-electron chi connectivity index (χ3n) is 1.53. The minimum atomic E-state index is 0.662. The fourth-order valence-electron chi connectivity index (χ4n) is 0.951. The van der Waals surface area contributed by atoms with Crippen LogP contribution in [-0.4, -0.2) is 4.98 Å². The molecule has 0 spiro atoms. The van der Waals surface area contributed by atoms with Gasteiger partial charge in [0.1, 0.15) is 9.77 Å². The zero-order valence-corrected chi connectivity index (χ0v) is 9.00. The molecule has 0 aliphatic carbocycles. The van der Waals surface area contributed by atoms with Crippen LogP contribution in [0.5, 0.6) is 0 Å². The second kappa shape index (κ2) is 4.41. The van der Waals surface area contributed by atoms with Gasteiger partial charge in [-0.15, -0.1) is 0 Å². The molecule has 0 fully saturated rings. The summed E-state index contributed by atoms with van der Waals surface area (Å²) >= 11 is 2.09. The topological polar surface area (TPSA) is 36.7 Å². The van der Waals surface area contributed by atoms with E-state index in [0.717, 1.165) is 22.2 Å². The second-order valence-corrected chi connectivity index (χ2v) is 3.52. The van der Waals surface area contributed by atoms with Crippen LogP contribution in [0.25, 0.3) is 0 Å². The highest BCUT2D eigenvalue weighted by atomic mass is 127. The minimum Gasteiger partial charge on any atom is -0.246 e. The molecule has 0 saturated carbocycles. The summed E-state index contributed by atoms with van der Waals surface area (Å²) in [4.78, 5) is 4.30. The first-order chi connectivity index (χ1) is 5.77. The number of pyridine rings is 1. The van der Waals surface area contributed by atoms with Gasteiger partial charge in [0.2, 0.25) is 0 Å². The molecule has 0 radical (unpaired) electrons. The van der Waals surface area contributed by atoms with Gasteiger partial charge in [-0.1, -0.05) is 13.3 Å². The molecule has 3 heteroatoms. The highest BCUT2D eigenvalue weighted by Crippen LogP contribution is 2.10. The monoisotopic (exact) mass is 272 g/mol. The lowest BCUT2D eigenvalue weighted by Crippen LogP contribution is -1.93. The van der Waals surface area contributed by atoms with Crippen LogP contribution in [0.1, 0.15) is 24.6 Å². The van der Waals surface area contributed by atoms with Crippen molar-refractivity contribution in [2.75, 3.05) is 0 Å². The van der Waals surface area contributed by atoms with Crippen molar-refractivity contribution < 1.29 is 0 Å². The molecule has 2 nitrogen and oxygen atoms in total. The van der Waals surface area contributed by atoms with Crippen LogP contribution in [0.15, 0.2) is 12.1 Å². The maximum atomic E-state index is 8.64. The largest absolute Gasteiger partial charge is 0.246 e. The van der Waals surface area contributed by atoms with Crippen molar-refractivity contribution in [2.24, 2.45) is 0 Å². The summed E-state index contributed by atoms with van der Waals surface area (Å²) in [6.07, 6.45) is 2.08. The van der Waals surface area contributed by atoms with Crippen molar-refractivity contribution in [3.05, 3.63) is 27.1 Å². The molecule has 1 aromatic heterocycles. The first kappa shape index (κ1) is 9.46. The molecule has 0 aromatic carbocycles. The van der Waals surface area contributed by atoms with E-state index in [1.54, 1.807) is 0 Å². The van der Waals surface area contributed by atoms with Gasteiger partial charge >= 0.3 is 0 Å². The van der Waals surface area contributed by atoms with Crippen LogP contribution in [-0.2, 0) is 6.42 Å². The van der Waals surface area contributed by atoms with Crippen LogP contribution in [0.4, 0.5) is 0 Å². The van der Waals surface area contributed by atoms with E-state index in [-0.39, 0.29) is 0 Å². The van der Waals surface area contributed by atoms with Crippen molar-refractivity contribution in [1.29, 1.82) is 5.26 Å². The van der Waals surface area contributed by atoms with Gasteiger partial charge in [0.25, 0.3) is 0 Å². The number of nitrogens with zero attached hydrogens (tertiary/aromatic N) is 2. The number of hydrogen-bond donors (Lipinski definition) is 0. The number of aryl methyl sites for hydroxylation is 1. The first-order valence-corrected chi connectivity index (χ1v) is 4.91. The van der Waals surface area contributed by atoms with Gasteiger partial charge in [0.05, 0.1) is 5.56 Å². The smallest absolute Gasteiger partial charge is 0.119 e. The fraction of sp³-hybridized carbons (Fsp3) is 0.333. The summed E-state index contributed by atoms with van der Waals surface area (Å²) in [5, 5.41) is 8.64. The highest BCUT2D eigenvalue weighted by molar-refractivity contribution is 14.1. The SMILES string of the molecule is CCCc1ccc(C#N)c(I)n1. The van der Waals surface area contributed by atoms with Crippen molar-refractivity contribution >= 4 is 22.6 Å². The summed E-state index contributed by atoms with van der Waals surface area (Å²) in [6, 6.07) is 5.85. The summed E-state index contributed by atoms with van der Waals surface area (Å²) < 4.78 is 0.807. The Bertz CT molecular complexity index is 315. The van der Waals surface area contributed by atoms with Gasteiger partial charge < -0.3 is 0 Å². The molecule has 0 unspecified atom stereocenters. The summed E-state index contributed by atoms with van der Waals surface area (Å²) in [5.74, 6) is 0. The molecule has 12 heavy (non-hydrogen) atoms. The molecule has 62 valence electrons. The predicted molar refractivity (Wildman–Crippen MR) is 55.7 cm³/mol. The standard InChI is InChI=1S/C9H9IN2/c1-2-3-8-5-4-7(6-11)9(10)12-8/h4-5H,2-3H2,1H3. The van der Waals surface area contributed by atoms with Crippen LogP contribution in [0.2, 0.25) is 0 Å². The van der Waals surface area contributed by atoms with Crippen LogP contribution in [0, 0.1) is 15.0 Å². The molecule has 0 aliphatic heterocycles. The molecular formula is C9H9IN2. The van der Waals surface area contributed by atoms with Gasteiger partial charge in [-0.05, 0) is 41.1 Å². The minimum absolute atomic E-state index is 0.662. The Morgan fingerprint density at radius 1 is 1.58 bits per heavy atom. The third-order valence-corrected chi connectivity index (χ3v) is 2.36. The maximum absolute atomic E-state index is 8.64. The van der Waals surface area contributed by atoms with E-state index in [2.05, 4.69) is 40.6 Å². The number of halogens is 1. The van der Waals surface area contributed by atoms with Gasteiger partial charge in [-0.25, -0.2) is 4.98 Å². The third kappa shape index (κ3) is 2.18. The Morgan fingerprint density at radius 2 is 2.33 bits per heavy atom. The average Bonchev–Trinajstić information content (AvgIpc) is 2.05. The van der Waals surface area contributed by atoms with Gasteiger partial charge in [0, 0.05) is 5.69 Å². The molecular weight excluding hydrogens is 263 g/mol. The number of hydrogen-bond acceptors (Lipinski definition) is 2. The predicted octanol–water partition coefficient (Wildman–Crippen LogP) is 2.51. The molecule has 0 atom stereocenters. The summed E-state index contributed by atoms with van der Waals surface area (Å²) in [5.41, 5.74) is 1.73. The molecule has 0 saturated heterocycles. The zero-order chi connectivity index (χ0) is 8.97. The number of aromatic nitrogens is 1. The van der Waals surface area contributed by atoms with E-state index in [9.17, 15) is 0 Å². The maximum Gasteiger partial charge on any atom is 0.119 e. The van der Waals surface area contributed by atoms with Crippen LogP contribution in [0.3, 0.4) is 0 Å². The summed E-state index contributed by atoms with van der Waals surface area (Å²) in [6.45, 7) is 2.12. The van der Waals surface area contributed by atoms with Crippen LogP contribution >= 0.6 is 22.6 Å². The van der Waals surface area contributed by atoms with Crippen molar-refractivity contribution in [1.82, 2.24) is 4.98 Å². The molecule has 0 amide bonds.